The van der Waals surface area contributed by atoms with Crippen molar-refractivity contribution in [3.05, 3.63) is 29.8 Å². The van der Waals surface area contributed by atoms with E-state index in [1.54, 1.807) is 0 Å². The molecule has 0 aromatic heterocycles. The molecule has 1 saturated carbocycles. The molecule has 0 radical (unpaired) electrons. The lowest BCUT2D eigenvalue weighted by molar-refractivity contribution is -0.120. The van der Waals surface area contributed by atoms with Crippen molar-refractivity contribution in [2.24, 2.45) is 0 Å². The normalized spacial score (nSPS) is 23.1. The zero-order valence-corrected chi connectivity index (χ0v) is 10.3. The lowest BCUT2D eigenvalue weighted by atomic mass is 9.99. The maximum atomic E-state index is 12.3. The Bertz CT molecular complexity index is 426. The Morgan fingerprint density at radius 3 is 2.88 bits per heavy atom. The van der Waals surface area contributed by atoms with Crippen LogP contribution in [0.2, 0.25) is 0 Å². The van der Waals surface area contributed by atoms with Crippen molar-refractivity contribution in [3.8, 4) is 0 Å². The number of carbonyl (C=O) groups is 1. The quantitative estimate of drug-likeness (QED) is 0.791. The second-order valence-corrected chi connectivity index (χ2v) is 6.10. The minimum absolute atomic E-state index is 0.0306. The van der Waals surface area contributed by atoms with E-state index in [-0.39, 0.29) is 11.0 Å². The van der Waals surface area contributed by atoms with Crippen LogP contribution < -0.4 is 0 Å². The highest BCUT2D eigenvalue weighted by Gasteiger charge is 2.25. The monoisotopic (exact) mass is 236 g/mol. The van der Waals surface area contributed by atoms with Gasteiger partial charge in [0, 0.05) is 23.0 Å². The number of hydrogen-bond donors (Lipinski definition) is 0. The zero-order chi connectivity index (χ0) is 11.5. The fourth-order valence-corrected chi connectivity index (χ4v) is 3.72. The van der Waals surface area contributed by atoms with Gasteiger partial charge in [0.15, 0.2) is 0 Å². The Labute approximate surface area is 98.5 Å². The van der Waals surface area contributed by atoms with Crippen LogP contribution in [0.4, 0.5) is 0 Å². The molecule has 2 nitrogen and oxygen atoms in total. The van der Waals surface area contributed by atoms with Gasteiger partial charge in [-0.25, -0.2) is 0 Å². The van der Waals surface area contributed by atoms with Gasteiger partial charge in [-0.2, -0.15) is 0 Å². The van der Waals surface area contributed by atoms with Crippen LogP contribution in [-0.2, 0) is 15.6 Å². The van der Waals surface area contributed by atoms with Gasteiger partial charge < -0.3 is 0 Å². The van der Waals surface area contributed by atoms with E-state index >= 15 is 0 Å². The summed E-state index contributed by atoms with van der Waals surface area (Å²) in [5, 5.41) is 0.0306. The summed E-state index contributed by atoms with van der Waals surface area (Å²) < 4.78 is 12.3. The molecule has 0 spiro atoms. The first-order chi connectivity index (χ1) is 7.66. The molecular weight excluding hydrogens is 220 g/mol. The molecule has 1 aliphatic carbocycles. The average molecular weight is 236 g/mol. The number of rotatable bonds is 2. The first-order valence-corrected chi connectivity index (χ1v) is 6.87. The average Bonchev–Trinajstić information content (AvgIpc) is 2.28. The van der Waals surface area contributed by atoms with E-state index in [4.69, 9.17) is 0 Å². The van der Waals surface area contributed by atoms with E-state index in [0.29, 0.717) is 12.8 Å². The van der Waals surface area contributed by atoms with Gasteiger partial charge in [0.1, 0.15) is 5.78 Å². The summed E-state index contributed by atoms with van der Waals surface area (Å²) >= 11 is 0. The van der Waals surface area contributed by atoms with E-state index in [0.717, 1.165) is 23.3 Å². The molecule has 1 aliphatic rings. The Morgan fingerprint density at radius 1 is 1.38 bits per heavy atom. The fourth-order valence-electron chi connectivity index (χ4n) is 2.10. The van der Waals surface area contributed by atoms with Gasteiger partial charge in [-0.3, -0.25) is 9.00 Å². The van der Waals surface area contributed by atoms with Gasteiger partial charge in [0.05, 0.1) is 10.8 Å². The van der Waals surface area contributed by atoms with Gasteiger partial charge in [-0.05, 0) is 37.5 Å². The molecule has 0 saturated heterocycles. The van der Waals surface area contributed by atoms with Crippen LogP contribution in [0.5, 0.6) is 0 Å². The van der Waals surface area contributed by atoms with E-state index in [9.17, 15) is 9.00 Å². The van der Waals surface area contributed by atoms with Gasteiger partial charge in [0.2, 0.25) is 0 Å². The Morgan fingerprint density at radius 2 is 2.19 bits per heavy atom. The first-order valence-electron chi connectivity index (χ1n) is 5.66. The van der Waals surface area contributed by atoms with Crippen LogP contribution in [-0.4, -0.2) is 15.2 Å². The van der Waals surface area contributed by atoms with Crippen LogP contribution in [0, 0.1) is 6.92 Å². The summed E-state index contributed by atoms with van der Waals surface area (Å²) in [6.45, 7) is 1.99. The Hall–Kier alpha value is -0.960. The second-order valence-electron chi connectivity index (χ2n) is 4.37. The molecule has 1 fully saturated rings. The van der Waals surface area contributed by atoms with Crippen molar-refractivity contribution in [1.29, 1.82) is 0 Å². The van der Waals surface area contributed by atoms with E-state index < -0.39 is 10.8 Å². The molecule has 1 aromatic rings. The van der Waals surface area contributed by atoms with Gasteiger partial charge in [0.25, 0.3) is 0 Å². The number of carbonyl (C=O) groups excluding carboxylic acids is 1. The molecule has 0 amide bonds. The maximum Gasteiger partial charge on any atom is 0.134 e. The van der Waals surface area contributed by atoms with Crippen molar-refractivity contribution in [3.63, 3.8) is 0 Å². The minimum Gasteiger partial charge on any atom is -0.300 e. The van der Waals surface area contributed by atoms with Crippen molar-refractivity contribution < 1.29 is 9.00 Å². The molecule has 86 valence electrons. The molecular formula is C13H16O2S. The molecule has 2 atom stereocenters. The standard InChI is InChI=1S/C13H16O2S/c1-10-4-2-6-12(8-10)16(15)13-7-3-5-11(14)9-13/h2,4,6,8,13H,3,5,7,9H2,1H3. The van der Waals surface area contributed by atoms with Crippen LogP contribution in [0.15, 0.2) is 29.2 Å². The van der Waals surface area contributed by atoms with Gasteiger partial charge >= 0.3 is 0 Å². The molecule has 0 bridgehead atoms. The molecule has 2 unspecified atom stereocenters. The third-order valence-corrected chi connectivity index (χ3v) is 4.69. The van der Waals surface area contributed by atoms with Gasteiger partial charge in [-0.1, -0.05) is 12.1 Å². The summed E-state index contributed by atoms with van der Waals surface area (Å²) in [6.07, 6.45) is 2.95. The number of benzene rings is 1. The molecule has 3 heteroatoms. The number of hydrogen-bond acceptors (Lipinski definition) is 2. The first kappa shape index (κ1) is 11.5. The lowest BCUT2D eigenvalue weighted by Crippen LogP contribution is -2.24. The molecule has 0 heterocycles. The van der Waals surface area contributed by atoms with Crippen LogP contribution >= 0.6 is 0 Å². The summed E-state index contributed by atoms with van der Waals surface area (Å²) in [7, 11) is -1.02. The van der Waals surface area contributed by atoms with Crippen molar-refractivity contribution in [2.45, 2.75) is 42.8 Å². The minimum atomic E-state index is -1.02. The highest BCUT2D eigenvalue weighted by molar-refractivity contribution is 7.85. The van der Waals surface area contributed by atoms with E-state index in [1.165, 1.54) is 0 Å². The third kappa shape index (κ3) is 2.59. The molecule has 0 N–H and O–H groups in total. The molecule has 0 aliphatic heterocycles. The van der Waals surface area contributed by atoms with E-state index in [2.05, 4.69) is 0 Å². The number of aryl methyl sites for hydroxylation is 1. The second kappa shape index (κ2) is 4.91. The molecule has 2 rings (SSSR count). The summed E-state index contributed by atoms with van der Waals surface area (Å²) in [5.74, 6) is 0.261. The lowest BCUT2D eigenvalue weighted by Gasteiger charge is -2.20. The Kier molecular flexibility index (Phi) is 3.54. The van der Waals surface area contributed by atoms with Gasteiger partial charge in [-0.15, -0.1) is 0 Å². The van der Waals surface area contributed by atoms with Crippen molar-refractivity contribution >= 4 is 16.6 Å². The smallest absolute Gasteiger partial charge is 0.134 e. The summed E-state index contributed by atoms with van der Waals surface area (Å²) in [6, 6.07) is 7.76. The van der Waals surface area contributed by atoms with Crippen molar-refractivity contribution in [1.82, 2.24) is 0 Å². The fraction of sp³-hybridized carbons (Fsp3) is 0.462. The number of Topliss-reactive ketones (excluding diaryl/α,β-unsaturated/α-hetero) is 1. The topological polar surface area (TPSA) is 34.1 Å². The zero-order valence-electron chi connectivity index (χ0n) is 9.44. The largest absolute Gasteiger partial charge is 0.300 e. The highest BCUT2D eigenvalue weighted by Crippen LogP contribution is 2.24. The Balaban J connectivity index is 2.15. The van der Waals surface area contributed by atoms with E-state index in [1.807, 2.05) is 31.2 Å². The van der Waals surface area contributed by atoms with Crippen LogP contribution in [0.3, 0.4) is 0 Å². The van der Waals surface area contributed by atoms with Crippen LogP contribution in [0.1, 0.15) is 31.2 Å². The summed E-state index contributed by atoms with van der Waals surface area (Å²) in [5.41, 5.74) is 1.12. The molecule has 1 aromatic carbocycles. The maximum absolute atomic E-state index is 12.3. The third-order valence-electron chi connectivity index (χ3n) is 2.96. The summed E-state index contributed by atoms with van der Waals surface area (Å²) in [4.78, 5) is 12.2. The number of ketones is 1. The molecule has 16 heavy (non-hydrogen) atoms. The SMILES string of the molecule is Cc1cccc(S(=O)C2CCCC(=O)C2)c1. The predicted octanol–water partition coefficient (Wildman–Crippen LogP) is 2.61. The van der Waals surface area contributed by atoms with Crippen LogP contribution in [0.25, 0.3) is 0 Å². The predicted molar refractivity (Wildman–Crippen MR) is 64.9 cm³/mol. The van der Waals surface area contributed by atoms with Crippen molar-refractivity contribution in [2.75, 3.05) is 0 Å². The highest BCUT2D eigenvalue weighted by atomic mass is 32.2.